The molecule has 264 valence electrons. The summed E-state index contributed by atoms with van der Waals surface area (Å²) in [5.74, 6) is 0.360. The summed E-state index contributed by atoms with van der Waals surface area (Å²) in [7, 11) is 0. The molecule has 2 amide bonds. The van der Waals surface area contributed by atoms with Crippen LogP contribution in [0.25, 0.3) is 22.0 Å². The van der Waals surface area contributed by atoms with E-state index in [1.54, 1.807) is 12.1 Å². The summed E-state index contributed by atoms with van der Waals surface area (Å²) >= 11 is 0. The fourth-order valence-corrected chi connectivity index (χ4v) is 7.47. The average molecular weight is 682 g/mol. The highest BCUT2D eigenvalue weighted by molar-refractivity contribution is 5.94. The number of nitrogens with zero attached hydrogens (tertiary/aromatic N) is 1. The lowest BCUT2D eigenvalue weighted by Gasteiger charge is -2.36. The number of nitrogens with two attached hydrogens (primary N) is 1. The first kappa shape index (κ1) is 35.1. The molecule has 0 aliphatic heterocycles. The summed E-state index contributed by atoms with van der Waals surface area (Å²) in [5.41, 5.74) is 10.3. The van der Waals surface area contributed by atoms with Crippen LogP contribution in [0.15, 0.2) is 77.6 Å². The molecule has 8 N–H and O–H groups in total. The standard InChI is InChI=1S/C39H47N5O6/c40-27-10-12-29(13-11-27)44(39(49)50)33-21-24(9-14-30(33)26-6-2-1-3-7-26)5-4-8-36(47)42-28-19-25(20-28)22-41-23-35(46)31-15-17-34(45)38-32(31)16-18-37(48)43-38/h1-3,6-7,9,14-18,21,25,27-29,35,41,45-46H,4-5,8,10-13,19-20,22-23,40H2,(H,42,47)(H,43,48)(H,49,50)/t25-,27?,28-,29?,35-/m0/s1. The second-order valence-electron chi connectivity index (χ2n) is 13.9. The van der Waals surface area contributed by atoms with Gasteiger partial charge in [0.15, 0.2) is 0 Å². The number of carboxylic acid groups (broad SMARTS) is 1. The van der Waals surface area contributed by atoms with Gasteiger partial charge in [0, 0.05) is 48.1 Å². The number of nitrogens with one attached hydrogen (secondary N) is 3. The van der Waals surface area contributed by atoms with Crippen LogP contribution < -0.4 is 26.8 Å². The van der Waals surface area contributed by atoms with Crippen LogP contribution in [-0.2, 0) is 11.2 Å². The molecule has 1 atom stereocenters. The fourth-order valence-electron chi connectivity index (χ4n) is 7.47. The number of carbonyl (C=O) groups is 2. The minimum Gasteiger partial charge on any atom is -0.506 e. The van der Waals surface area contributed by atoms with Crippen LogP contribution in [0.5, 0.6) is 5.75 Å². The van der Waals surface area contributed by atoms with Gasteiger partial charge in [0.2, 0.25) is 11.5 Å². The molecule has 6 rings (SSSR count). The van der Waals surface area contributed by atoms with E-state index in [1.165, 1.54) is 17.0 Å². The Balaban J connectivity index is 0.971. The Kier molecular flexibility index (Phi) is 11.2. The fraction of sp³-hybridized carbons (Fsp3) is 0.410. The van der Waals surface area contributed by atoms with Crippen LogP contribution in [-0.4, -0.2) is 63.5 Å². The maximum absolute atomic E-state index is 12.8. The number of aliphatic hydroxyl groups excluding tert-OH is 1. The van der Waals surface area contributed by atoms with Gasteiger partial charge in [-0.15, -0.1) is 0 Å². The van der Waals surface area contributed by atoms with E-state index in [0.717, 1.165) is 55.2 Å². The lowest BCUT2D eigenvalue weighted by Crippen LogP contribution is -2.47. The molecular weight excluding hydrogens is 634 g/mol. The van der Waals surface area contributed by atoms with E-state index >= 15 is 0 Å². The zero-order valence-electron chi connectivity index (χ0n) is 28.2. The lowest BCUT2D eigenvalue weighted by molar-refractivity contribution is -0.122. The number of hydrogen-bond donors (Lipinski definition) is 7. The molecule has 2 aliphatic carbocycles. The number of benzene rings is 3. The number of aryl methyl sites for hydroxylation is 1. The van der Waals surface area contributed by atoms with Crippen LogP contribution in [0.1, 0.15) is 68.6 Å². The Morgan fingerprint density at radius 1 is 0.980 bits per heavy atom. The molecule has 1 heterocycles. The van der Waals surface area contributed by atoms with Gasteiger partial charge in [-0.1, -0.05) is 48.5 Å². The highest BCUT2D eigenvalue weighted by Crippen LogP contribution is 2.37. The molecule has 0 saturated heterocycles. The Morgan fingerprint density at radius 3 is 2.48 bits per heavy atom. The van der Waals surface area contributed by atoms with Crippen molar-refractivity contribution in [2.45, 2.75) is 82.0 Å². The van der Waals surface area contributed by atoms with E-state index in [2.05, 4.69) is 15.6 Å². The molecule has 50 heavy (non-hydrogen) atoms. The van der Waals surface area contributed by atoms with E-state index in [-0.39, 0.29) is 35.3 Å². The second-order valence-corrected chi connectivity index (χ2v) is 13.9. The monoisotopic (exact) mass is 681 g/mol. The Morgan fingerprint density at radius 2 is 1.74 bits per heavy atom. The van der Waals surface area contributed by atoms with Crippen molar-refractivity contribution >= 4 is 28.6 Å². The smallest absolute Gasteiger partial charge is 0.412 e. The maximum atomic E-state index is 12.8. The van der Waals surface area contributed by atoms with Crippen molar-refractivity contribution in [3.63, 3.8) is 0 Å². The molecule has 0 radical (unpaired) electrons. The molecule has 2 aliphatic rings. The van der Waals surface area contributed by atoms with Gasteiger partial charge in [-0.2, -0.15) is 0 Å². The van der Waals surface area contributed by atoms with Crippen LogP contribution in [0.4, 0.5) is 10.5 Å². The minimum absolute atomic E-state index is 0.0147. The summed E-state index contributed by atoms with van der Waals surface area (Å²) in [6.07, 6.45) is 4.69. The normalized spacial score (nSPS) is 20.9. The molecule has 3 aromatic carbocycles. The number of anilines is 1. The molecule has 1 aromatic heterocycles. The van der Waals surface area contributed by atoms with Crippen molar-refractivity contribution in [2.75, 3.05) is 18.0 Å². The summed E-state index contributed by atoms with van der Waals surface area (Å²) < 4.78 is 0. The number of aromatic hydroxyl groups is 1. The third-order valence-corrected chi connectivity index (χ3v) is 10.2. The number of hydrogen-bond acceptors (Lipinski definition) is 7. The van der Waals surface area contributed by atoms with E-state index in [0.29, 0.717) is 60.4 Å². The number of rotatable bonds is 13. The van der Waals surface area contributed by atoms with Gasteiger partial charge in [-0.25, -0.2) is 4.79 Å². The molecule has 0 unspecified atom stereocenters. The molecular formula is C39H47N5O6. The highest BCUT2D eigenvalue weighted by Gasteiger charge is 2.32. The second kappa shape index (κ2) is 15.9. The van der Waals surface area contributed by atoms with Gasteiger partial charge >= 0.3 is 6.09 Å². The Labute approximate surface area is 291 Å². The third kappa shape index (κ3) is 8.35. The van der Waals surface area contributed by atoms with Crippen LogP contribution in [0.3, 0.4) is 0 Å². The number of carbonyl (C=O) groups excluding carboxylic acids is 1. The van der Waals surface area contributed by atoms with Crippen molar-refractivity contribution in [2.24, 2.45) is 11.7 Å². The van der Waals surface area contributed by atoms with Crippen molar-refractivity contribution in [3.8, 4) is 16.9 Å². The zero-order chi connectivity index (χ0) is 35.2. The summed E-state index contributed by atoms with van der Waals surface area (Å²) in [6, 6.07) is 22.1. The van der Waals surface area contributed by atoms with Crippen LogP contribution in [0.2, 0.25) is 0 Å². The topological polar surface area (TPSA) is 181 Å². The molecule has 0 spiro atoms. The predicted molar refractivity (Wildman–Crippen MR) is 194 cm³/mol. The molecule has 0 bridgehead atoms. The third-order valence-electron chi connectivity index (χ3n) is 10.2. The van der Waals surface area contributed by atoms with E-state index in [4.69, 9.17) is 5.73 Å². The average Bonchev–Trinajstić information content (AvgIpc) is 3.08. The van der Waals surface area contributed by atoms with Gasteiger partial charge in [0.1, 0.15) is 5.75 Å². The van der Waals surface area contributed by atoms with Crippen molar-refractivity contribution in [3.05, 3.63) is 94.3 Å². The summed E-state index contributed by atoms with van der Waals surface area (Å²) in [5, 5.41) is 38.3. The number of aliphatic hydroxyl groups is 1. The first-order valence-corrected chi connectivity index (χ1v) is 17.7. The number of phenols is 1. The number of pyridine rings is 1. The van der Waals surface area contributed by atoms with Gasteiger partial charge in [0.25, 0.3) is 0 Å². The number of fused-ring (bicyclic) bond motifs is 1. The number of aromatic nitrogens is 1. The van der Waals surface area contributed by atoms with E-state index < -0.39 is 12.2 Å². The first-order chi connectivity index (χ1) is 24.2. The highest BCUT2D eigenvalue weighted by atomic mass is 16.4. The molecule has 4 aromatic rings. The van der Waals surface area contributed by atoms with Crippen molar-refractivity contribution in [1.29, 1.82) is 0 Å². The van der Waals surface area contributed by atoms with Gasteiger partial charge in [-0.05, 0) is 98.7 Å². The van der Waals surface area contributed by atoms with E-state index in [1.807, 2.05) is 48.5 Å². The molecule has 2 fully saturated rings. The number of amides is 2. The summed E-state index contributed by atoms with van der Waals surface area (Å²) in [6.45, 7) is 1.03. The van der Waals surface area contributed by atoms with Gasteiger partial charge in [0.05, 0.1) is 17.3 Å². The molecule has 11 heteroatoms. The van der Waals surface area contributed by atoms with E-state index in [9.17, 15) is 29.7 Å². The first-order valence-electron chi connectivity index (χ1n) is 17.7. The quantitative estimate of drug-likeness (QED) is 0.101. The van der Waals surface area contributed by atoms with Crippen molar-refractivity contribution < 1.29 is 24.9 Å². The maximum Gasteiger partial charge on any atom is 0.412 e. The largest absolute Gasteiger partial charge is 0.506 e. The Hall–Kier alpha value is -4.71. The number of phenolic OH excluding ortho intramolecular Hbond substituents is 1. The molecule has 11 nitrogen and oxygen atoms in total. The lowest BCUT2D eigenvalue weighted by atomic mass is 9.80. The predicted octanol–water partition coefficient (Wildman–Crippen LogP) is 5.20. The summed E-state index contributed by atoms with van der Waals surface area (Å²) in [4.78, 5) is 41.3. The van der Waals surface area contributed by atoms with Crippen LogP contribution >= 0.6 is 0 Å². The minimum atomic E-state index is -0.964. The molecule has 2 saturated carbocycles. The number of aromatic amines is 1. The number of H-pyrrole nitrogens is 1. The SMILES string of the molecule is NC1CCC(N(C(=O)O)c2cc(CCCC(=O)N[C@H]3C[C@H](CNC[C@H](O)c4ccc(O)c5[nH]c(=O)ccc45)C3)ccc2-c2ccccc2)CC1. The zero-order valence-corrected chi connectivity index (χ0v) is 28.2. The Bertz CT molecular complexity index is 1850. The van der Waals surface area contributed by atoms with Crippen molar-refractivity contribution in [1.82, 2.24) is 15.6 Å². The van der Waals surface area contributed by atoms with Crippen LogP contribution in [0, 0.1) is 5.92 Å². The van der Waals surface area contributed by atoms with Gasteiger partial charge in [-0.3, -0.25) is 14.5 Å². The van der Waals surface area contributed by atoms with Gasteiger partial charge < -0.3 is 36.7 Å².